The smallest absolute Gasteiger partial charge is 0.295 e. The van der Waals surface area contributed by atoms with Crippen molar-refractivity contribution in [3.63, 3.8) is 0 Å². The predicted molar refractivity (Wildman–Crippen MR) is 111 cm³/mol. The van der Waals surface area contributed by atoms with Crippen molar-refractivity contribution in [1.29, 1.82) is 0 Å². The highest BCUT2D eigenvalue weighted by atomic mass is 16.5. The van der Waals surface area contributed by atoms with Gasteiger partial charge in [-0.3, -0.25) is 9.59 Å². The molecule has 7 nitrogen and oxygen atoms in total. The van der Waals surface area contributed by atoms with Crippen molar-refractivity contribution in [2.75, 3.05) is 20.3 Å². The fourth-order valence-corrected chi connectivity index (χ4v) is 3.43. The number of hydrogen-bond donors (Lipinski definition) is 2. The molecule has 1 amide bonds. The zero-order chi connectivity index (χ0) is 21.8. The average Bonchev–Trinajstić information content (AvgIpc) is 2.98. The third-order valence-corrected chi connectivity index (χ3v) is 4.88. The molecular formula is C23H25NO6. The van der Waals surface area contributed by atoms with Gasteiger partial charge in [0, 0.05) is 12.1 Å². The number of aliphatic hydroxyl groups is 1. The Balaban J connectivity index is 2.09. The van der Waals surface area contributed by atoms with Gasteiger partial charge in [0.1, 0.15) is 17.3 Å². The van der Waals surface area contributed by atoms with Crippen LogP contribution in [0.5, 0.6) is 11.5 Å². The number of rotatable bonds is 7. The van der Waals surface area contributed by atoms with Crippen LogP contribution in [-0.2, 0) is 14.3 Å². The summed E-state index contributed by atoms with van der Waals surface area (Å²) in [6, 6.07) is 12.1. The van der Waals surface area contributed by atoms with Crippen LogP contribution in [0, 0.1) is 0 Å². The van der Waals surface area contributed by atoms with Gasteiger partial charge in [0.25, 0.3) is 11.7 Å². The second-order valence-electron chi connectivity index (χ2n) is 7.24. The van der Waals surface area contributed by atoms with Crippen molar-refractivity contribution in [3.8, 4) is 11.5 Å². The van der Waals surface area contributed by atoms with Crippen LogP contribution >= 0.6 is 0 Å². The first-order chi connectivity index (χ1) is 14.3. The molecule has 1 unspecified atom stereocenters. The SMILES string of the molecule is COc1cccc(/C(O)=C2/C(=O)C(=O)N(CCOC(C)C)C2c2ccc(O)cc2)c1. The Labute approximate surface area is 175 Å². The normalized spacial score (nSPS) is 18.3. The van der Waals surface area contributed by atoms with Gasteiger partial charge in [0.05, 0.1) is 31.4 Å². The Morgan fingerprint density at radius 1 is 1.13 bits per heavy atom. The molecule has 0 radical (unpaired) electrons. The number of likely N-dealkylation sites (tertiary alicyclic amines) is 1. The van der Waals surface area contributed by atoms with Crippen LogP contribution in [0.3, 0.4) is 0 Å². The van der Waals surface area contributed by atoms with Gasteiger partial charge >= 0.3 is 0 Å². The highest BCUT2D eigenvalue weighted by Crippen LogP contribution is 2.39. The van der Waals surface area contributed by atoms with Gasteiger partial charge in [0.2, 0.25) is 0 Å². The Bertz CT molecular complexity index is 964. The molecule has 1 heterocycles. The van der Waals surface area contributed by atoms with Crippen LogP contribution < -0.4 is 4.74 Å². The number of aromatic hydroxyl groups is 1. The Kier molecular flexibility index (Phi) is 6.42. The van der Waals surface area contributed by atoms with Crippen LogP contribution in [0.1, 0.15) is 31.0 Å². The Morgan fingerprint density at radius 3 is 2.47 bits per heavy atom. The molecule has 0 saturated carbocycles. The van der Waals surface area contributed by atoms with E-state index in [-0.39, 0.29) is 36.3 Å². The number of Topliss-reactive ketones (excluding diaryl/α,β-unsaturated/α-hetero) is 1. The van der Waals surface area contributed by atoms with E-state index < -0.39 is 17.7 Å². The monoisotopic (exact) mass is 411 g/mol. The van der Waals surface area contributed by atoms with E-state index in [9.17, 15) is 19.8 Å². The molecular weight excluding hydrogens is 386 g/mol. The highest BCUT2D eigenvalue weighted by molar-refractivity contribution is 6.46. The maximum absolute atomic E-state index is 12.9. The quantitative estimate of drug-likeness (QED) is 0.413. The third kappa shape index (κ3) is 4.31. The first-order valence-electron chi connectivity index (χ1n) is 9.67. The van der Waals surface area contributed by atoms with Crippen LogP contribution in [0.25, 0.3) is 5.76 Å². The van der Waals surface area contributed by atoms with E-state index in [4.69, 9.17) is 9.47 Å². The summed E-state index contributed by atoms with van der Waals surface area (Å²) >= 11 is 0. The van der Waals surface area contributed by atoms with E-state index in [0.29, 0.717) is 16.9 Å². The van der Waals surface area contributed by atoms with Crippen LogP contribution in [0.4, 0.5) is 0 Å². The molecule has 1 aliphatic heterocycles. The zero-order valence-electron chi connectivity index (χ0n) is 17.2. The minimum absolute atomic E-state index is 0.0107. The first kappa shape index (κ1) is 21.4. The lowest BCUT2D eigenvalue weighted by molar-refractivity contribution is -0.140. The lowest BCUT2D eigenvalue weighted by Gasteiger charge is -2.25. The minimum Gasteiger partial charge on any atom is -0.508 e. The maximum Gasteiger partial charge on any atom is 0.295 e. The predicted octanol–water partition coefficient (Wildman–Crippen LogP) is 3.25. The number of amides is 1. The van der Waals surface area contributed by atoms with Crippen molar-refractivity contribution < 1.29 is 29.3 Å². The average molecular weight is 411 g/mol. The number of ketones is 1. The van der Waals surface area contributed by atoms with Crippen molar-refractivity contribution >= 4 is 17.4 Å². The number of phenols is 1. The summed E-state index contributed by atoms with van der Waals surface area (Å²) < 4.78 is 10.8. The molecule has 1 fully saturated rings. The van der Waals surface area contributed by atoms with E-state index in [2.05, 4.69) is 0 Å². The fraction of sp³-hybridized carbons (Fsp3) is 0.304. The van der Waals surface area contributed by atoms with Gasteiger partial charge in [-0.25, -0.2) is 0 Å². The molecule has 2 aromatic rings. The molecule has 2 aromatic carbocycles. The summed E-state index contributed by atoms with van der Waals surface area (Å²) in [5.41, 5.74) is 0.957. The van der Waals surface area contributed by atoms with Crippen molar-refractivity contribution in [3.05, 3.63) is 65.2 Å². The number of methoxy groups -OCH3 is 1. The molecule has 30 heavy (non-hydrogen) atoms. The summed E-state index contributed by atoms with van der Waals surface area (Å²) in [5.74, 6) is -1.17. The zero-order valence-corrected chi connectivity index (χ0v) is 17.2. The van der Waals surface area contributed by atoms with Gasteiger partial charge in [-0.15, -0.1) is 0 Å². The van der Waals surface area contributed by atoms with E-state index in [1.165, 1.54) is 24.1 Å². The molecule has 1 aliphatic rings. The molecule has 1 saturated heterocycles. The molecule has 1 atom stereocenters. The topological polar surface area (TPSA) is 96.3 Å². The van der Waals surface area contributed by atoms with E-state index >= 15 is 0 Å². The van der Waals surface area contributed by atoms with Gasteiger partial charge in [-0.1, -0.05) is 24.3 Å². The number of carbonyl (C=O) groups is 2. The highest BCUT2D eigenvalue weighted by Gasteiger charge is 2.45. The van der Waals surface area contributed by atoms with Crippen molar-refractivity contribution in [2.45, 2.75) is 26.0 Å². The maximum atomic E-state index is 12.9. The van der Waals surface area contributed by atoms with Crippen LogP contribution in [-0.4, -0.2) is 53.2 Å². The number of carbonyl (C=O) groups excluding carboxylic acids is 2. The molecule has 0 spiro atoms. The summed E-state index contributed by atoms with van der Waals surface area (Å²) in [6.07, 6.45) is -0.0225. The van der Waals surface area contributed by atoms with Crippen LogP contribution in [0.15, 0.2) is 54.1 Å². The van der Waals surface area contributed by atoms with E-state index in [0.717, 1.165) is 0 Å². The molecule has 158 valence electrons. The third-order valence-electron chi connectivity index (χ3n) is 4.88. The minimum atomic E-state index is -0.799. The molecule has 7 heteroatoms. The second kappa shape index (κ2) is 9.00. The standard InChI is InChI=1S/C23H25NO6/c1-14(2)30-12-11-24-20(15-7-9-17(25)10-8-15)19(22(27)23(24)28)21(26)16-5-4-6-18(13-16)29-3/h4-10,13-14,20,25-26H,11-12H2,1-3H3/b21-19-. The number of nitrogens with zero attached hydrogens (tertiary/aromatic N) is 1. The number of benzene rings is 2. The molecule has 2 N–H and O–H groups in total. The van der Waals surface area contributed by atoms with Gasteiger partial charge in [0.15, 0.2) is 0 Å². The molecule has 0 bridgehead atoms. The fourth-order valence-electron chi connectivity index (χ4n) is 3.43. The molecule has 0 aromatic heterocycles. The first-order valence-corrected chi connectivity index (χ1v) is 9.67. The number of aliphatic hydroxyl groups excluding tert-OH is 1. The van der Waals surface area contributed by atoms with Crippen molar-refractivity contribution in [2.24, 2.45) is 0 Å². The number of ether oxygens (including phenoxy) is 2. The summed E-state index contributed by atoms with van der Waals surface area (Å²) in [6.45, 7) is 4.20. The Morgan fingerprint density at radius 2 is 1.83 bits per heavy atom. The molecule has 3 rings (SSSR count). The number of phenolic OH excluding ortho intramolecular Hbond substituents is 1. The van der Waals surface area contributed by atoms with E-state index in [1.54, 1.807) is 36.4 Å². The summed E-state index contributed by atoms with van der Waals surface area (Å²) in [7, 11) is 1.50. The van der Waals surface area contributed by atoms with Crippen molar-refractivity contribution in [1.82, 2.24) is 4.90 Å². The summed E-state index contributed by atoms with van der Waals surface area (Å²) in [5, 5.41) is 20.6. The van der Waals surface area contributed by atoms with Crippen LogP contribution in [0.2, 0.25) is 0 Å². The number of hydrogen-bond acceptors (Lipinski definition) is 6. The molecule has 0 aliphatic carbocycles. The lowest BCUT2D eigenvalue weighted by Crippen LogP contribution is -2.33. The second-order valence-corrected chi connectivity index (χ2v) is 7.24. The summed E-state index contributed by atoms with van der Waals surface area (Å²) in [4.78, 5) is 27.1. The van der Waals surface area contributed by atoms with E-state index in [1.807, 2.05) is 13.8 Å². The van der Waals surface area contributed by atoms with Gasteiger partial charge in [-0.05, 0) is 43.7 Å². The largest absolute Gasteiger partial charge is 0.508 e. The van der Waals surface area contributed by atoms with Gasteiger partial charge in [-0.2, -0.15) is 0 Å². The lowest BCUT2D eigenvalue weighted by atomic mass is 9.95. The Hall–Kier alpha value is -3.32. The van der Waals surface area contributed by atoms with Gasteiger partial charge < -0.3 is 24.6 Å².